The maximum absolute atomic E-state index is 12.1. The molecule has 0 unspecified atom stereocenters. The quantitative estimate of drug-likeness (QED) is 0.799. The predicted molar refractivity (Wildman–Crippen MR) is 68.3 cm³/mol. The van der Waals surface area contributed by atoms with E-state index in [1.165, 1.54) is 12.1 Å². The molecule has 2 aromatic rings. The Hall–Kier alpha value is -2.19. The molecular formula is C14H7ClF3NO. The number of alkyl halides is 3. The van der Waals surface area contributed by atoms with Gasteiger partial charge in [0.1, 0.15) is 5.75 Å². The Morgan fingerprint density at radius 3 is 2.45 bits per heavy atom. The fourth-order valence-corrected chi connectivity index (χ4v) is 1.96. The molecule has 0 aliphatic rings. The number of nitrogens with zero attached hydrogens (tertiary/aromatic N) is 1. The van der Waals surface area contributed by atoms with Gasteiger partial charge in [-0.1, -0.05) is 23.7 Å². The maximum Gasteiger partial charge on any atom is 0.573 e. The smallest absolute Gasteiger partial charge is 0.406 e. The van der Waals surface area contributed by atoms with Crippen LogP contribution < -0.4 is 4.74 Å². The Kier molecular flexibility index (Phi) is 3.86. The summed E-state index contributed by atoms with van der Waals surface area (Å²) >= 11 is 5.96. The second-order valence-corrected chi connectivity index (χ2v) is 4.29. The van der Waals surface area contributed by atoms with E-state index in [-0.39, 0.29) is 10.8 Å². The van der Waals surface area contributed by atoms with E-state index in [2.05, 4.69) is 4.74 Å². The fourth-order valence-electron chi connectivity index (χ4n) is 1.68. The average Bonchev–Trinajstić information content (AvgIpc) is 2.37. The molecule has 20 heavy (non-hydrogen) atoms. The molecule has 2 aromatic carbocycles. The Labute approximate surface area is 118 Å². The zero-order valence-electron chi connectivity index (χ0n) is 9.91. The summed E-state index contributed by atoms with van der Waals surface area (Å²) in [6, 6.07) is 12.3. The van der Waals surface area contributed by atoms with Crippen LogP contribution in [0.1, 0.15) is 5.56 Å². The highest BCUT2D eigenvalue weighted by Gasteiger charge is 2.31. The Morgan fingerprint density at radius 2 is 1.85 bits per heavy atom. The molecule has 0 heterocycles. The van der Waals surface area contributed by atoms with Crippen molar-refractivity contribution in [2.45, 2.75) is 6.36 Å². The number of ether oxygens (including phenoxy) is 1. The first-order valence-electron chi connectivity index (χ1n) is 5.45. The van der Waals surface area contributed by atoms with E-state index in [1.54, 1.807) is 24.3 Å². The van der Waals surface area contributed by atoms with Crippen LogP contribution in [0.4, 0.5) is 13.2 Å². The molecule has 0 aliphatic heterocycles. The van der Waals surface area contributed by atoms with Crippen molar-refractivity contribution in [2.75, 3.05) is 0 Å². The van der Waals surface area contributed by atoms with Crippen LogP contribution in [0.15, 0.2) is 42.5 Å². The van der Waals surface area contributed by atoms with Crippen LogP contribution in [-0.4, -0.2) is 6.36 Å². The summed E-state index contributed by atoms with van der Waals surface area (Å²) in [6.07, 6.45) is -4.76. The molecule has 0 amide bonds. The lowest BCUT2D eigenvalue weighted by Gasteiger charge is -2.11. The third-order valence-electron chi connectivity index (χ3n) is 2.48. The molecule has 0 radical (unpaired) electrons. The van der Waals surface area contributed by atoms with Crippen molar-refractivity contribution in [2.24, 2.45) is 0 Å². The van der Waals surface area contributed by atoms with Crippen LogP contribution >= 0.6 is 11.6 Å². The summed E-state index contributed by atoms with van der Waals surface area (Å²) < 4.78 is 40.1. The Morgan fingerprint density at radius 1 is 1.10 bits per heavy atom. The van der Waals surface area contributed by atoms with Gasteiger partial charge in [0.15, 0.2) is 0 Å². The molecule has 6 heteroatoms. The first-order chi connectivity index (χ1) is 9.39. The minimum absolute atomic E-state index is 0.113. The highest BCUT2D eigenvalue weighted by molar-refractivity contribution is 6.33. The summed E-state index contributed by atoms with van der Waals surface area (Å²) in [5.74, 6) is -0.386. The molecule has 2 rings (SSSR count). The number of halogens is 4. The highest BCUT2D eigenvalue weighted by Crippen LogP contribution is 2.33. The second-order valence-electron chi connectivity index (χ2n) is 3.88. The number of hydrogen-bond acceptors (Lipinski definition) is 2. The molecule has 0 aromatic heterocycles. The molecule has 0 fully saturated rings. The third-order valence-corrected chi connectivity index (χ3v) is 2.79. The van der Waals surface area contributed by atoms with Crippen molar-refractivity contribution in [3.05, 3.63) is 53.1 Å². The van der Waals surface area contributed by atoms with Crippen LogP contribution in [0.25, 0.3) is 11.1 Å². The highest BCUT2D eigenvalue weighted by atomic mass is 35.5. The maximum atomic E-state index is 12.1. The first-order valence-corrected chi connectivity index (χ1v) is 5.83. The lowest BCUT2D eigenvalue weighted by molar-refractivity contribution is -0.274. The molecule has 2 nitrogen and oxygen atoms in total. The average molecular weight is 298 g/mol. The van der Waals surface area contributed by atoms with Crippen LogP contribution in [0.5, 0.6) is 5.75 Å². The van der Waals surface area contributed by atoms with E-state index in [1.807, 2.05) is 6.07 Å². The monoisotopic (exact) mass is 297 g/mol. The van der Waals surface area contributed by atoms with E-state index < -0.39 is 6.36 Å². The summed E-state index contributed by atoms with van der Waals surface area (Å²) in [4.78, 5) is 0. The lowest BCUT2D eigenvalue weighted by Crippen LogP contribution is -2.17. The summed E-state index contributed by atoms with van der Waals surface area (Å²) in [6.45, 7) is 0. The minimum Gasteiger partial charge on any atom is -0.406 e. The molecule has 0 N–H and O–H groups in total. The van der Waals surface area contributed by atoms with Crippen molar-refractivity contribution < 1.29 is 17.9 Å². The minimum atomic E-state index is -4.76. The Bertz CT molecular complexity index is 677. The van der Waals surface area contributed by atoms with Gasteiger partial charge in [0.05, 0.1) is 16.7 Å². The largest absolute Gasteiger partial charge is 0.573 e. The van der Waals surface area contributed by atoms with Crippen molar-refractivity contribution in [1.29, 1.82) is 5.26 Å². The number of hydrogen-bond donors (Lipinski definition) is 0. The molecule has 0 saturated heterocycles. The number of rotatable bonds is 2. The Balaban J connectivity index is 2.37. The van der Waals surface area contributed by atoms with E-state index in [0.29, 0.717) is 16.7 Å². The van der Waals surface area contributed by atoms with E-state index in [9.17, 15) is 13.2 Å². The lowest BCUT2D eigenvalue weighted by atomic mass is 10.0. The van der Waals surface area contributed by atoms with Crippen LogP contribution in [0, 0.1) is 11.3 Å². The van der Waals surface area contributed by atoms with Crippen molar-refractivity contribution in [3.63, 3.8) is 0 Å². The molecule has 0 saturated carbocycles. The van der Waals surface area contributed by atoms with Crippen LogP contribution in [-0.2, 0) is 0 Å². The number of benzene rings is 2. The second kappa shape index (κ2) is 5.43. The van der Waals surface area contributed by atoms with E-state index in [4.69, 9.17) is 16.9 Å². The van der Waals surface area contributed by atoms with Gasteiger partial charge in [-0.05, 0) is 35.9 Å². The van der Waals surface area contributed by atoms with Crippen molar-refractivity contribution >= 4 is 11.6 Å². The molecular weight excluding hydrogens is 291 g/mol. The van der Waals surface area contributed by atoms with Gasteiger partial charge in [0, 0.05) is 5.56 Å². The molecule has 0 spiro atoms. The van der Waals surface area contributed by atoms with Crippen LogP contribution in [0.2, 0.25) is 5.02 Å². The van der Waals surface area contributed by atoms with Gasteiger partial charge in [-0.2, -0.15) is 5.26 Å². The summed E-state index contributed by atoms with van der Waals surface area (Å²) in [5, 5.41) is 8.93. The van der Waals surface area contributed by atoms with Crippen LogP contribution in [0.3, 0.4) is 0 Å². The molecule has 0 bridgehead atoms. The van der Waals surface area contributed by atoms with Gasteiger partial charge in [-0.3, -0.25) is 0 Å². The molecule has 102 valence electrons. The molecule has 0 atom stereocenters. The zero-order valence-corrected chi connectivity index (χ0v) is 10.7. The first kappa shape index (κ1) is 14.2. The van der Waals surface area contributed by atoms with E-state index >= 15 is 0 Å². The van der Waals surface area contributed by atoms with Gasteiger partial charge >= 0.3 is 6.36 Å². The van der Waals surface area contributed by atoms with Crippen molar-refractivity contribution in [3.8, 4) is 22.9 Å². The molecule has 0 aliphatic carbocycles. The summed E-state index contributed by atoms with van der Waals surface area (Å²) in [7, 11) is 0. The van der Waals surface area contributed by atoms with Gasteiger partial charge in [-0.15, -0.1) is 13.2 Å². The standard InChI is InChI=1S/C14H7ClF3NO/c15-13-7-11(20-14(16,17)18)4-5-12(13)10-3-1-2-9(6-10)8-19/h1-7H. The topological polar surface area (TPSA) is 33.0 Å². The van der Waals surface area contributed by atoms with Crippen molar-refractivity contribution in [1.82, 2.24) is 0 Å². The third kappa shape index (κ3) is 3.43. The predicted octanol–water partition coefficient (Wildman–Crippen LogP) is 4.78. The van der Waals surface area contributed by atoms with Gasteiger partial charge < -0.3 is 4.74 Å². The summed E-state index contributed by atoms with van der Waals surface area (Å²) in [5.41, 5.74) is 1.61. The number of nitriles is 1. The van der Waals surface area contributed by atoms with Gasteiger partial charge in [0.2, 0.25) is 0 Å². The SMILES string of the molecule is N#Cc1cccc(-c2ccc(OC(F)(F)F)cc2Cl)c1. The normalized spacial score (nSPS) is 10.9. The zero-order chi connectivity index (χ0) is 14.8. The van der Waals surface area contributed by atoms with Gasteiger partial charge in [-0.25, -0.2) is 0 Å². The van der Waals surface area contributed by atoms with E-state index in [0.717, 1.165) is 6.07 Å². The van der Waals surface area contributed by atoms with Gasteiger partial charge in [0.25, 0.3) is 0 Å². The fraction of sp³-hybridized carbons (Fsp3) is 0.0714.